The Hall–Kier alpha value is -3.26. The Bertz CT molecular complexity index is 1240. The molecular formula is C30H37ClN6O4. The van der Waals surface area contributed by atoms with Crippen LogP contribution in [0.3, 0.4) is 0 Å². The Morgan fingerprint density at radius 1 is 1.05 bits per heavy atom. The number of ketones is 1. The van der Waals surface area contributed by atoms with Crippen molar-refractivity contribution in [1.82, 2.24) is 20.4 Å². The van der Waals surface area contributed by atoms with E-state index in [9.17, 15) is 9.59 Å². The molecule has 10 nitrogen and oxygen atoms in total. The molecule has 41 heavy (non-hydrogen) atoms. The van der Waals surface area contributed by atoms with Crippen LogP contribution in [0.4, 0.5) is 5.82 Å². The summed E-state index contributed by atoms with van der Waals surface area (Å²) in [6, 6.07) is 10.8. The molecule has 2 heterocycles. The Balaban J connectivity index is 1.00. The van der Waals surface area contributed by atoms with Crippen LogP contribution in [0.1, 0.15) is 67.4 Å². The molecule has 3 aliphatic rings. The number of halogens is 1. The number of piperazine rings is 1. The van der Waals surface area contributed by atoms with Gasteiger partial charge in [0, 0.05) is 57.7 Å². The molecule has 2 aromatic rings. The molecule has 2 aliphatic carbocycles. The fourth-order valence-electron chi connectivity index (χ4n) is 5.73. The molecule has 0 radical (unpaired) electrons. The Morgan fingerprint density at radius 2 is 1.85 bits per heavy atom. The van der Waals surface area contributed by atoms with Crippen LogP contribution >= 0.6 is 11.6 Å². The number of amides is 1. The first-order valence-corrected chi connectivity index (χ1v) is 15.0. The molecule has 2 saturated carbocycles. The number of hydrogen-bond donors (Lipinski definition) is 1. The molecule has 0 spiro atoms. The molecule has 1 amide bonds. The van der Waals surface area contributed by atoms with Crippen LogP contribution in [0.25, 0.3) is 0 Å². The third-order valence-electron chi connectivity index (χ3n) is 8.15. The van der Waals surface area contributed by atoms with E-state index in [0.29, 0.717) is 47.3 Å². The van der Waals surface area contributed by atoms with Gasteiger partial charge in [-0.15, -0.1) is 10.2 Å². The summed E-state index contributed by atoms with van der Waals surface area (Å²) in [6.07, 6.45) is 6.56. The number of nitriles is 1. The second-order valence-electron chi connectivity index (χ2n) is 11.1. The minimum atomic E-state index is -0.211. The maximum atomic E-state index is 12.8. The molecule has 218 valence electrons. The Morgan fingerprint density at radius 3 is 2.54 bits per heavy atom. The number of anilines is 1. The second-order valence-corrected chi connectivity index (χ2v) is 11.5. The van der Waals surface area contributed by atoms with Crippen molar-refractivity contribution in [1.29, 1.82) is 5.26 Å². The second kappa shape index (κ2) is 14.1. The predicted molar refractivity (Wildman–Crippen MR) is 154 cm³/mol. The van der Waals surface area contributed by atoms with Crippen molar-refractivity contribution >= 4 is 29.1 Å². The van der Waals surface area contributed by atoms with Crippen molar-refractivity contribution in [2.24, 2.45) is 0 Å². The number of nitrogens with zero attached hydrogens (tertiary/aromatic N) is 5. The van der Waals surface area contributed by atoms with Crippen LogP contribution in [0, 0.1) is 11.3 Å². The first-order valence-electron chi connectivity index (χ1n) is 14.6. The normalized spacial score (nSPS) is 23.6. The van der Waals surface area contributed by atoms with E-state index in [1.807, 2.05) is 12.1 Å². The maximum Gasteiger partial charge on any atom is 0.272 e. The largest absolute Gasteiger partial charge is 0.490 e. The lowest BCUT2D eigenvalue weighted by atomic mass is 9.93. The highest BCUT2D eigenvalue weighted by molar-refractivity contribution is 6.31. The zero-order valence-corrected chi connectivity index (χ0v) is 24.0. The fraction of sp³-hybridized carbons (Fsp3) is 0.567. The first kappa shape index (κ1) is 29.2. The number of rotatable bonds is 9. The van der Waals surface area contributed by atoms with Gasteiger partial charge in [-0.1, -0.05) is 11.6 Å². The Labute approximate surface area is 245 Å². The van der Waals surface area contributed by atoms with Crippen molar-refractivity contribution in [3.63, 3.8) is 0 Å². The summed E-state index contributed by atoms with van der Waals surface area (Å²) in [5, 5.41) is 21.1. The van der Waals surface area contributed by atoms with E-state index in [-0.39, 0.29) is 24.2 Å². The van der Waals surface area contributed by atoms with Crippen molar-refractivity contribution in [3.05, 3.63) is 46.6 Å². The van der Waals surface area contributed by atoms with Gasteiger partial charge in [-0.3, -0.25) is 14.5 Å². The van der Waals surface area contributed by atoms with Crippen LogP contribution in [0.5, 0.6) is 5.75 Å². The van der Waals surface area contributed by atoms with E-state index >= 15 is 0 Å². The first-order chi connectivity index (χ1) is 20.0. The SMILES string of the molecule is N#Cc1ccc(OC2CCC(NC(=O)c3ccc(N4CCN(CCO[C@@H]5CCCC(=O)C5)CC4)nn3)CC2)cc1Cl. The summed E-state index contributed by atoms with van der Waals surface area (Å²) in [5.41, 5.74) is 0.743. The summed E-state index contributed by atoms with van der Waals surface area (Å²) in [6.45, 7) is 5.00. The number of carbonyl (C=O) groups is 2. The molecule has 5 rings (SSSR count). The monoisotopic (exact) mass is 580 g/mol. The minimum Gasteiger partial charge on any atom is -0.490 e. The van der Waals surface area contributed by atoms with Crippen LogP contribution in [-0.2, 0) is 9.53 Å². The lowest BCUT2D eigenvalue weighted by molar-refractivity contribution is -0.124. The maximum absolute atomic E-state index is 12.8. The van der Waals surface area contributed by atoms with E-state index in [4.69, 9.17) is 26.3 Å². The zero-order chi connectivity index (χ0) is 28.6. The quantitative estimate of drug-likeness (QED) is 0.472. The van der Waals surface area contributed by atoms with Gasteiger partial charge in [0.05, 0.1) is 29.4 Å². The molecule has 1 aromatic heterocycles. The number of carbonyl (C=O) groups excluding carboxylic acids is 2. The Kier molecular flexibility index (Phi) is 10.0. The third-order valence-corrected chi connectivity index (χ3v) is 8.46. The van der Waals surface area contributed by atoms with Crippen LogP contribution in [0.15, 0.2) is 30.3 Å². The van der Waals surface area contributed by atoms with Crippen molar-refractivity contribution in [2.75, 3.05) is 44.2 Å². The van der Waals surface area contributed by atoms with Crippen LogP contribution in [0.2, 0.25) is 5.02 Å². The van der Waals surface area contributed by atoms with Crippen molar-refractivity contribution in [3.8, 4) is 11.8 Å². The molecule has 0 bridgehead atoms. The van der Waals surface area contributed by atoms with Gasteiger partial charge in [0.1, 0.15) is 17.6 Å². The minimum absolute atomic E-state index is 0.0433. The average Bonchev–Trinajstić information content (AvgIpc) is 2.99. The van der Waals surface area contributed by atoms with Gasteiger partial charge in [0.2, 0.25) is 0 Å². The highest BCUT2D eigenvalue weighted by atomic mass is 35.5. The highest BCUT2D eigenvalue weighted by Crippen LogP contribution is 2.27. The summed E-state index contributed by atoms with van der Waals surface area (Å²) in [5.74, 6) is 1.54. The summed E-state index contributed by atoms with van der Waals surface area (Å²) in [7, 11) is 0. The van der Waals surface area contributed by atoms with Gasteiger partial charge < -0.3 is 19.7 Å². The zero-order valence-electron chi connectivity index (χ0n) is 23.3. The lowest BCUT2D eigenvalue weighted by Crippen LogP contribution is -2.48. The smallest absolute Gasteiger partial charge is 0.272 e. The van der Waals surface area contributed by atoms with Gasteiger partial charge >= 0.3 is 0 Å². The molecule has 0 unspecified atom stereocenters. The number of ether oxygens (including phenoxy) is 2. The van der Waals surface area contributed by atoms with E-state index in [1.165, 1.54) is 0 Å². The van der Waals surface area contributed by atoms with E-state index in [2.05, 4.69) is 25.3 Å². The fourth-order valence-corrected chi connectivity index (χ4v) is 5.94. The standard InChI is InChI=1S/C30H37ClN6O4/c31-27-19-26(7-4-21(27)20-32)41-24-8-5-22(6-9-24)33-30(39)28-10-11-29(35-34-28)37-14-12-36(13-15-37)16-17-40-25-3-1-2-23(38)18-25/h4,7,10-11,19,22,24-25H,1-3,5-6,8-9,12-18H2,(H,33,39)/t22?,24?,25-/m1/s1. The third kappa shape index (κ3) is 8.15. The van der Waals surface area contributed by atoms with Gasteiger partial charge in [0.25, 0.3) is 5.91 Å². The number of Topliss-reactive ketones (excluding diaryl/α,β-unsaturated/α-hetero) is 1. The molecule has 1 N–H and O–H groups in total. The molecule has 1 atom stereocenters. The van der Waals surface area contributed by atoms with Crippen molar-refractivity contribution < 1.29 is 19.1 Å². The molecule has 1 saturated heterocycles. The summed E-state index contributed by atoms with van der Waals surface area (Å²) in [4.78, 5) is 29.0. The van der Waals surface area contributed by atoms with Crippen LogP contribution in [-0.4, -0.2) is 84.4 Å². The van der Waals surface area contributed by atoms with Crippen LogP contribution < -0.4 is 15.0 Å². The molecule has 1 aromatic carbocycles. The van der Waals surface area contributed by atoms with Gasteiger partial charge in [-0.05, 0) is 62.8 Å². The predicted octanol–water partition coefficient (Wildman–Crippen LogP) is 3.77. The molecule has 11 heteroatoms. The molecule has 1 aliphatic heterocycles. The van der Waals surface area contributed by atoms with E-state index in [1.54, 1.807) is 24.3 Å². The van der Waals surface area contributed by atoms with Gasteiger partial charge in [-0.2, -0.15) is 5.26 Å². The number of nitrogens with one attached hydrogen (secondary N) is 1. The topological polar surface area (TPSA) is 121 Å². The van der Waals surface area contributed by atoms with E-state index < -0.39 is 0 Å². The summed E-state index contributed by atoms with van der Waals surface area (Å²) >= 11 is 6.11. The highest BCUT2D eigenvalue weighted by Gasteiger charge is 2.25. The molecule has 3 fully saturated rings. The molecular weight excluding hydrogens is 544 g/mol. The average molecular weight is 581 g/mol. The number of hydrogen-bond acceptors (Lipinski definition) is 9. The van der Waals surface area contributed by atoms with E-state index in [0.717, 1.165) is 77.1 Å². The lowest BCUT2D eigenvalue weighted by Gasteiger charge is -2.35. The number of benzene rings is 1. The van der Waals surface area contributed by atoms with Gasteiger partial charge in [0.15, 0.2) is 11.5 Å². The number of aromatic nitrogens is 2. The van der Waals surface area contributed by atoms with Gasteiger partial charge in [-0.25, -0.2) is 0 Å². The summed E-state index contributed by atoms with van der Waals surface area (Å²) < 4.78 is 12.0. The van der Waals surface area contributed by atoms with Crippen molar-refractivity contribution in [2.45, 2.75) is 69.6 Å².